The quantitative estimate of drug-likeness (QED) is 0.676. The minimum atomic E-state index is -0.442. The number of nitrogens with zero attached hydrogens (tertiary/aromatic N) is 1. The molecule has 0 saturated carbocycles. The number of phenols is 1. The summed E-state index contributed by atoms with van der Waals surface area (Å²) < 4.78 is 0. The van der Waals surface area contributed by atoms with Crippen LogP contribution in [-0.2, 0) is 16.0 Å². The minimum Gasteiger partial charge on any atom is -0.508 e. The Balaban J connectivity index is 1.88. The van der Waals surface area contributed by atoms with Gasteiger partial charge in [-0.15, -0.1) is 0 Å². The van der Waals surface area contributed by atoms with Gasteiger partial charge in [-0.2, -0.15) is 0 Å². The van der Waals surface area contributed by atoms with Crippen molar-refractivity contribution in [2.75, 3.05) is 5.01 Å². The summed E-state index contributed by atoms with van der Waals surface area (Å²) in [4.78, 5) is 24.5. The summed E-state index contributed by atoms with van der Waals surface area (Å²) in [6.45, 7) is 2.05. The maximum Gasteiger partial charge on any atom is 0.282 e. The first-order valence-electron chi connectivity index (χ1n) is 7.33. The smallest absolute Gasteiger partial charge is 0.282 e. The van der Waals surface area contributed by atoms with Crippen LogP contribution >= 0.6 is 0 Å². The molecule has 2 aromatic rings. The van der Waals surface area contributed by atoms with Crippen LogP contribution in [0.3, 0.4) is 0 Å². The van der Waals surface area contributed by atoms with E-state index in [0.717, 1.165) is 12.0 Å². The Labute approximate surface area is 133 Å². The molecule has 2 amide bonds. The molecule has 5 nitrogen and oxygen atoms in total. The number of hydrogen-bond acceptors (Lipinski definition) is 3. The molecule has 0 atom stereocenters. The van der Waals surface area contributed by atoms with Crippen molar-refractivity contribution in [3.63, 3.8) is 0 Å². The van der Waals surface area contributed by atoms with E-state index >= 15 is 0 Å². The van der Waals surface area contributed by atoms with Gasteiger partial charge in [0.05, 0.1) is 5.69 Å². The number of hydrazine groups is 1. The Kier molecular flexibility index (Phi) is 3.85. The van der Waals surface area contributed by atoms with Gasteiger partial charge < -0.3 is 5.11 Å². The number of aryl methyl sites for hydroxylation is 1. The molecule has 0 aliphatic carbocycles. The average Bonchev–Trinajstić information content (AvgIpc) is 2.85. The number of carbonyl (C=O) groups is 2. The van der Waals surface area contributed by atoms with Crippen molar-refractivity contribution in [3.8, 4) is 5.75 Å². The Morgan fingerprint density at radius 1 is 1.04 bits per heavy atom. The number of aromatic hydroxyl groups is 1. The van der Waals surface area contributed by atoms with Crippen molar-refractivity contribution in [2.24, 2.45) is 0 Å². The normalized spacial score (nSPS) is 16.0. The van der Waals surface area contributed by atoms with E-state index in [0.29, 0.717) is 11.3 Å². The molecule has 1 aliphatic rings. The molecule has 23 heavy (non-hydrogen) atoms. The van der Waals surface area contributed by atoms with Crippen molar-refractivity contribution < 1.29 is 14.7 Å². The first-order chi connectivity index (χ1) is 11.1. The number of amides is 2. The maximum absolute atomic E-state index is 12.5. The van der Waals surface area contributed by atoms with Crippen molar-refractivity contribution in [2.45, 2.75) is 13.3 Å². The highest BCUT2D eigenvalue weighted by molar-refractivity contribution is 6.31. The third-order valence-corrected chi connectivity index (χ3v) is 3.70. The number of benzene rings is 2. The van der Waals surface area contributed by atoms with Gasteiger partial charge in [0.2, 0.25) is 0 Å². The monoisotopic (exact) mass is 308 g/mol. The molecule has 0 aromatic heterocycles. The lowest BCUT2D eigenvalue weighted by atomic mass is 10.1. The second-order valence-electron chi connectivity index (χ2n) is 5.25. The van der Waals surface area contributed by atoms with Gasteiger partial charge in [-0.25, -0.2) is 5.01 Å². The van der Waals surface area contributed by atoms with Gasteiger partial charge in [0.25, 0.3) is 11.8 Å². The summed E-state index contributed by atoms with van der Waals surface area (Å²) in [7, 11) is 0. The van der Waals surface area contributed by atoms with E-state index in [1.165, 1.54) is 23.2 Å². The second-order valence-corrected chi connectivity index (χ2v) is 5.25. The Morgan fingerprint density at radius 2 is 1.70 bits per heavy atom. The van der Waals surface area contributed by atoms with E-state index in [1.54, 1.807) is 24.3 Å². The lowest BCUT2D eigenvalue weighted by Gasteiger charge is -2.14. The fourth-order valence-electron chi connectivity index (χ4n) is 2.36. The molecule has 5 heteroatoms. The van der Waals surface area contributed by atoms with E-state index in [2.05, 4.69) is 12.3 Å². The standard InChI is InChI=1S/C18H16N2O3/c1-2-12-3-7-14(8-4-12)20-18(23)16(17(22)19-20)11-13-5-9-15(21)10-6-13/h3-11,21H,2H2,1H3,(H,19,22)/b16-11+. The summed E-state index contributed by atoms with van der Waals surface area (Å²) >= 11 is 0. The zero-order valence-corrected chi connectivity index (χ0v) is 12.6. The predicted molar refractivity (Wildman–Crippen MR) is 87.5 cm³/mol. The number of hydrogen-bond donors (Lipinski definition) is 2. The summed E-state index contributed by atoms with van der Waals surface area (Å²) in [5.74, 6) is -0.707. The predicted octanol–water partition coefficient (Wildman–Crippen LogP) is 2.42. The third-order valence-electron chi connectivity index (χ3n) is 3.70. The van der Waals surface area contributed by atoms with Gasteiger partial charge in [-0.3, -0.25) is 15.0 Å². The van der Waals surface area contributed by atoms with E-state index in [-0.39, 0.29) is 11.3 Å². The minimum absolute atomic E-state index is 0.0651. The number of anilines is 1. The van der Waals surface area contributed by atoms with Crippen molar-refractivity contribution >= 4 is 23.6 Å². The molecule has 0 unspecified atom stereocenters. The molecule has 1 fully saturated rings. The van der Waals surface area contributed by atoms with Crippen LogP contribution in [0.25, 0.3) is 6.08 Å². The fraction of sp³-hybridized carbons (Fsp3) is 0.111. The zero-order valence-electron chi connectivity index (χ0n) is 12.6. The molecule has 1 aliphatic heterocycles. The van der Waals surface area contributed by atoms with Crippen LogP contribution in [0.4, 0.5) is 5.69 Å². The largest absolute Gasteiger partial charge is 0.508 e. The molecule has 0 bridgehead atoms. The van der Waals surface area contributed by atoms with Gasteiger partial charge in [-0.1, -0.05) is 31.2 Å². The summed E-state index contributed by atoms with van der Waals surface area (Å²) in [5.41, 5.74) is 5.08. The van der Waals surface area contributed by atoms with E-state index in [9.17, 15) is 14.7 Å². The van der Waals surface area contributed by atoms with Crippen molar-refractivity contribution in [1.82, 2.24) is 5.43 Å². The zero-order chi connectivity index (χ0) is 16.4. The molecular weight excluding hydrogens is 292 g/mol. The molecule has 2 N–H and O–H groups in total. The summed E-state index contributed by atoms with van der Waals surface area (Å²) in [6.07, 6.45) is 2.42. The van der Waals surface area contributed by atoms with Gasteiger partial charge in [0.1, 0.15) is 11.3 Å². The van der Waals surface area contributed by atoms with E-state index in [4.69, 9.17) is 0 Å². The van der Waals surface area contributed by atoms with Crippen LogP contribution in [0.1, 0.15) is 18.1 Å². The summed E-state index contributed by atoms with van der Waals surface area (Å²) in [6, 6.07) is 13.8. The van der Waals surface area contributed by atoms with Gasteiger partial charge >= 0.3 is 0 Å². The van der Waals surface area contributed by atoms with Crippen LogP contribution < -0.4 is 10.4 Å². The van der Waals surface area contributed by atoms with Gasteiger partial charge in [0, 0.05) is 0 Å². The van der Waals surface area contributed by atoms with E-state index in [1.807, 2.05) is 12.1 Å². The highest BCUT2D eigenvalue weighted by atomic mass is 16.3. The van der Waals surface area contributed by atoms with Crippen molar-refractivity contribution in [3.05, 3.63) is 65.2 Å². The maximum atomic E-state index is 12.5. The van der Waals surface area contributed by atoms with Gasteiger partial charge in [-0.05, 0) is 47.9 Å². The van der Waals surface area contributed by atoms with Crippen LogP contribution in [0.15, 0.2) is 54.1 Å². The molecule has 3 rings (SSSR count). The topological polar surface area (TPSA) is 69.6 Å². The molecular formula is C18H16N2O3. The first-order valence-corrected chi connectivity index (χ1v) is 7.33. The Bertz CT molecular complexity index is 777. The lowest BCUT2D eigenvalue weighted by molar-refractivity contribution is -0.117. The molecule has 1 saturated heterocycles. The second kappa shape index (κ2) is 5.96. The number of phenolic OH excluding ortho intramolecular Hbond substituents is 1. The molecule has 0 spiro atoms. The average molecular weight is 308 g/mol. The lowest BCUT2D eigenvalue weighted by Crippen LogP contribution is -2.35. The van der Waals surface area contributed by atoms with Crippen LogP contribution in [0, 0.1) is 0 Å². The van der Waals surface area contributed by atoms with Crippen molar-refractivity contribution in [1.29, 1.82) is 0 Å². The highest BCUT2D eigenvalue weighted by Crippen LogP contribution is 2.22. The van der Waals surface area contributed by atoms with Crippen LogP contribution in [-0.4, -0.2) is 16.9 Å². The molecule has 116 valence electrons. The highest BCUT2D eigenvalue weighted by Gasteiger charge is 2.34. The Hall–Kier alpha value is -3.08. The van der Waals surface area contributed by atoms with E-state index < -0.39 is 11.8 Å². The summed E-state index contributed by atoms with van der Waals surface area (Å²) in [5, 5.41) is 10.5. The number of nitrogens with one attached hydrogen (secondary N) is 1. The van der Waals surface area contributed by atoms with Gasteiger partial charge in [0.15, 0.2) is 0 Å². The molecule has 0 radical (unpaired) electrons. The third kappa shape index (κ3) is 2.94. The Morgan fingerprint density at radius 3 is 2.30 bits per heavy atom. The fourth-order valence-corrected chi connectivity index (χ4v) is 2.36. The SMILES string of the molecule is CCc1ccc(N2NC(=O)/C(=C\c3ccc(O)cc3)C2=O)cc1. The molecule has 1 heterocycles. The first kappa shape index (κ1) is 14.8. The molecule has 2 aromatic carbocycles. The number of rotatable bonds is 3. The van der Waals surface area contributed by atoms with Crippen LogP contribution in [0.2, 0.25) is 0 Å². The number of carbonyl (C=O) groups excluding carboxylic acids is 2. The van der Waals surface area contributed by atoms with Crippen LogP contribution in [0.5, 0.6) is 5.75 Å².